The average Bonchev–Trinajstić information content (AvgIpc) is 2.20. The van der Waals surface area contributed by atoms with Crippen molar-refractivity contribution in [2.45, 2.75) is 6.42 Å². The maximum atomic E-state index is 5.99. The van der Waals surface area contributed by atoms with E-state index in [1.807, 2.05) is 30.5 Å². The van der Waals surface area contributed by atoms with Crippen LogP contribution in [0.5, 0.6) is 0 Å². The molecule has 0 aromatic heterocycles. The van der Waals surface area contributed by atoms with E-state index >= 15 is 0 Å². The third-order valence-corrected chi connectivity index (χ3v) is 2.37. The number of nitrogens with zero attached hydrogens (tertiary/aromatic N) is 2. The van der Waals surface area contributed by atoms with Gasteiger partial charge in [0.1, 0.15) is 0 Å². The van der Waals surface area contributed by atoms with Gasteiger partial charge in [-0.05, 0) is 33.1 Å². The van der Waals surface area contributed by atoms with E-state index in [0.717, 1.165) is 30.1 Å². The molecule has 3 heteroatoms. The lowest BCUT2D eigenvalue weighted by Crippen LogP contribution is -2.13. The monoisotopic (exact) mass is 224 g/mol. The van der Waals surface area contributed by atoms with Crippen LogP contribution < -0.4 is 0 Å². The zero-order valence-corrected chi connectivity index (χ0v) is 10.0. The lowest BCUT2D eigenvalue weighted by molar-refractivity contribution is 0.403. The van der Waals surface area contributed by atoms with Crippen LogP contribution in [0.15, 0.2) is 29.3 Å². The smallest absolute Gasteiger partial charge is 0.0493 e. The van der Waals surface area contributed by atoms with E-state index in [0.29, 0.717) is 0 Å². The molecule has 15 heavy (non-hydrogen) atoms. The fourth-order valence-electron chi connectivity index (χ4n) is 1.22. The minimum Gasteiger partial charge on any atom is -0.309 e. The van der Waals surface area contributed by atoms with Crippen molar-refractivity contribution in [3.05, 3.63) is 34.9 Å². The zero-order chi connectivity index (χ0) is 11.1. The van der Waals surface area contributed by atoms with Crippen LogP contribution in [0.4, 0.5) is 0 Å². The van der Waals surface area contributed by atoms with Crippen molar-refractivity contribution >= 4 is 17.8 Å². The lowest BCUT2D eigenvalue weighted by Gasteiger charge is -2.06. The van der Waals surface area contributed by atoms with Gasteiger partial charge in [-0.2, -0.15) is 0 Å². The third kappa shape index (κ3) is 4.96. The number of aliphatic imine (C=N–C) groups is 1. The summed E-state index contributed by atoms with van der Waals surface area (Å²) in [5, 5.41) is 0.758. The highest BCUT2D eigenvalue weighted by molar-refractivity contribution is 6.33. The maximum Gasteiger partial charge on any atom is 0.0493 e. The Hall–Kier alpha value is -0.860. The lowest BCUT2D eigenvalue weighted by atomic mass is 10.2. The van der Waals surface area contributed by atoms with Crippen LogP contribution in [0, 0.1) is 0 Å². The summed E-state index contributed by atoms with van der Waals surface area (Å²) in [6.07, 6.45) is 2.92. The van der Waals surface area contributed by atoms with Crippen molar-refractivity contribution in [3.63, 3.8) is 0 Å². The van der Waals surface area contributed by atoms with Gasteiger partial charge in [-0.25, -0.2) is 0 Å². The summed E-state index contributed by atoms with van der Waals surface area (Å²) in [7, 11) is 4.13. The van der Waals surface area contributed by atoms with Crippen LogP contribution in [0.1, 0.15) is 12.0 Å². The fraction of sp³-hybridized carbons (Fsp3) is 0.417. The maximum absolute atomic E-state index is 5.99. The number of benzene rings is 1. The van der Waals surface area contributed by atoms with Crippen molar-refractivity contribution in [1.29, 1.82) is 0 Å². The SMILES string of the molecule is CN(C)CCCN=Cc1ccccc1Cl. The Kier molecular flexibility index (Phi) is 5.37. The molecule has 0 spiro atoms. The number of hydrogen-bond donors (Lipinski definition) is 0. The number of halogens is 1. The quantitative estimate of drug-likeness (QED) is 0.555. The summed E-state index contributed by atoms with van der Waals surface area (Å²) in [6, 6.07) is 7.74. The van der Waals surface area contributed by atoms with E-state index < -0.39 is 0 Å². The van der Waals surface area contributed by atoms with Gasteiger partial charge in [0.25, 0.3) is 0 Å². The van der Waals surface area contributed by atoms with Crippen molar-refractivity contribution < 1.29 is 0 Å². The average molecular weight is 225 g/mol. The Labute approximate surface area is 96.6 Å². The van der Waals surface area contributed by atoms with Gasteiger partial charge in [-0.15, -0.1) is 0 Å². The summed E-state index contributed by atoms with van der Waals surface area (Å²) < 4.78 is 0. The Balaban J connectivity index is 2.35. The van der Waals surface area contributed by atoms with Crippen molar-refractivity contribution in [3.8, 4) is 0 Å². The highest BCUT2D eigenvalue weighted by Gasteiger charge is 1.93. The molecule has 0 amide bonds. The van der Waals surface area contributed by atoms with E-state index in [9.17, 15) is 0 Å². The summed E-state index contributed by atoms with van der Waals surface area (Å²) in [5.41, 5.74) is 0.990. The molecule has 1 aromatic rings. The molecule has 0 aliphatic carbocycles. The Morgan fingerprint density at radius 3 is 2.73 bits per heavy atom. The van der Waals surface area contributed by atoms with Crippen LogP contribution in [-0.4, -0.2) is 38.3 Å². The predicted octanol–water partition coefficient (Wildman–Crippen LogP) is 2.71. The van der Waals surface area contributed by atoms with E-state index in [4.69, 9.17) is 11.6 Å². The van der Waals surface area contributed by atoms with Gasteiger partial charge in [0.15, 0.2) is 0 Å². The van der Waals surface area contributed by atoms with Crippen molar-refractivity contribution in [1.82, 2.24) is 4.90 Å². The first-order valence-corrected chi connectivity index (χ1v) is 5.47. The summed E-state index contributed by atoms with van der Waals surface area (Å²) in [5.74, 6) is 0. The Morgan fingerprint density at radius 1 is 1.33 bits per heavy atom. The van der Waals surface area contributed by atoms with Gasteiger partial charge < -0.3 is 4.90 Å². The van der Waals surface area contributed by atoms with Gasteiger partial charge in [0.2, 0.25) is 0 Å². The number of rotatable bonds is 5. The minimum absolute atomic E-state index is 0.758. The first-order valence-electron chi connectivity index (χ1n) is 5.09. The molecule has 0 aliphatic heterocycles. The van der Waals surface area contributed by atoms with Gasteiger partial charge in [-0.1, -0.05) is 29.8 Å². The normalized spacial score (nSPS) is 11.5. The van der Waals surface area contributed by atoms with Crippen LogP contribution in [0.2, 0.25) is 5.02 Å². The fourth-order valence-corrected chi connectivity index (χ4v) is 1.41. The first-order chi connectivity index (χ1) is 7.20. The molecule has 1 aromatic carbocycles. The third-order valence-electron chi connectivity index (χ3n) is 2.03. The molecule has 2 nitrogen and oxygen atoms in total. The van der Waals surface area contributed by atoms with E-state index in [-0.39, 0.29) is 0 Å². The molecule has 0 fully saturated rings. The second-order valence-electron chi connectivity index (χ2n) is 3.71. The molecule has 0 bridgehead atoms. The predicted molar refractivity (Wildman–Crippen MR) is 67.1 cm³/mol. The van der Waals surface area contributed by atoms with Gasteiger partial charge in [-0.3, -0.25) is 4.99 Å². The molecular formula is C12H17ClN2. The topological polar surface area (TPSA) is 15.6 Å². The van der Waals surface area contributed by atoms with E-state index in [1.54, 1.807) is 0 Å². The second-order valence-corrected chi connectivity index (χ2v) is 4.12. The molecule has 0 saturated carbocycles. The van der Waals surface area contributed by atoms with Gasteiger partial charge >= 0.3 is 0 Å². The Bertz CT molecular complexity index is 321. The van der Waals surface area contributed by atoms with Gasteiger partial charge in [0.05, 0.1) is 0 Å². The van der Waals surface area contributed by atoms with Crippen LogP contribution >= 0.6 is 11.6 Å². The minimum atomic E-state index is 0.758. The summed E-state index contributed by atoms with van der Waals surface area (Å²) in [4.78, 5) is 6.50. The van der Waals surface area contributed by atoms with Crippen LogP contribution in [0.25, 0.3) is 0 Å². The van der Waals surface area contributed by atoms with Crippen molar-refractivity contribution in [2.24, 2.45) is 4.99 Å². The van der Waals surface area contributed by atoms with Crippen LogP contribution in [-0.2, 0) is 0 Å². The summed E-state index contributed by atoms with van der Waals surface area (Å²) in [6.45, 7) is 1.92. The largest absolute Gasteiger partial charge is 0.309 e. The molecule has 0 atom stereocenters. The van der Waals surface area contributed by atoms with Crippen LogP contribution in [0.3, 0.4) is 0 Å². The molecule has 0 unspecified atom stereocenters. The number of hydrogen-bond acceptors (Lipinski definition) is 2. The molecule has 1 rings (SSSR count). The summed E-state index contributed by atoms with van der Waals surface area (Å²) >= 11 is 5.99. The van der Waals surface area contributed by atoms with Crippen molar-refractivity contribution in [2.75, 3.05) is 27.2 Å². The molecule has 82 valence electrons. The standard InChI is InChI=1S/C12H17ClN2/c1-15(2)9-5-8-14-10-11-6-3-4-7-12(11)13/h3-4,6-7,10H,5,8-9H2,1-2H3. The highest BCUT2D eigenvalue weighted by atomic mass is 35.5. The molecule has 0 aliphatic rings. The molecular weight excluding hydrogens is 208 g/mol. The molecule has 0 heterocycles. The van der Waals surface area contributed by atoms with Gasteiger partial charge in [0, 0.05) is 23.3 Å². The Morgan fingerprint density at radius 2 is 2.07 bits per heavy atom. The highest BCUT2D eigenvalue weighted by Crippen LogP contribution is 2.12. The molecule has 0 radical (unpaired) electrons. The van der Waals surface area contributed by atoms with E-state index in [1.165, 1.54) is 0 Å². The molecule has 0 N–H and O–H groups in total. The molecule has 0 saturated heterocycles. The zero-order valence-electron chi connectivity index (χ0n) is 9.28. The first kappa shape index (κ1) is 12.2. The van der Waals surface area contributed by atoms with E-state index in [2.05, 4.69) is 24.0 Å². The second kappa shape index (κ2) is 6.59.